The van der Waals surface area contributed by atoms with Crippen LogP contribution in [-0.4, -0.2) is 30.8 Å². The lowest BCUT2D eigenvalue weighted by Gasteiger charge is -2.12. The number of carbonyl (C=O) groups excluding carboxylic acids is 1. The van der Waals surface area contributed by atoms with E-state index in [1.54, 1.807) is 36.2 Å². The summed E-state index contributed by atoms with van der Waals surface area (Å²) >= 11 is 1.24. The highest BCUT2D eigenvalue weighted by atomic mass is 32.2. The topological polar surface area (TPSA) is 116 Å². The van der Waals surface area contributed by atoms with Crippen LogP contribution in [0.2, 0.25) is 0 Å². The molecule has 0 saturated carbocycles. The van der Waals surface area contributed by atoms with Crippen molar-refractivity contribution in [1.29, 1.82) is 0 Å². The van der Waals surface area contributed by atoms with Crippen molar-refractivity contribution in [3.63, 3.8) is 0 Å². The van der Waals surface area contributed by atoms with Crippen molar-refractivity contribution in [2.24, 2.45) is 0 Å². The van der Waals surface area contributed by atoms with Crippen molar-refractivity contribution >= 4 is 29.0 Å². The van der Waals surface area contributed by atoms with Gasteiger partial charge in [-0.1, -0.05) is 17.8 Å². The molecule has 0 unspecified atom stereocenters. The number of thioether (sulfide) groups is 1. The van der Waals surface area contributed by atoms with Crippen molar-refractivity contribution < 1.29 is 14.1 Å². The minimum absolute atomic E-state index is 0.0821. The molecule has 0 saturated heterocycles. The van der Waals surface area contributed by atoms with Gasteiger partial charge < -0.3 is 14.3 Å². The number of nitro benzene ring substituents is 1. The van der Waals surface area contributed by atoms with Gasteiger partial charge in [0.25, 0.3) is 5.69 Å². The number of nitro groups is 1. The van der Waals surface area contributed by atoms with Crippen LogP contribution in [0.1, 0.15) is 12.7 Å². The molecule has 9 nitrogen and oxygen atoms in total. The molecule has 1 aromatic carbocycles. The van der Waals surface area contributed by atoms with Gasteiger partial charge in [-0.3, -0.25) is 14.9 Å². The second-order valence-electron chi connectivity index (χ2n) is 5.38. The Balaban J connectivity index is 1.64. The summed E-state index contributed by atoms with van der Waals surface area (Å²) < 4.78 is 7.08. The quantitative estimate of drug-likeness (QED) is 0.384. The van der Waals surface area contributed by atoms with Crippen LogP contribution in [0.15, 0.2) is 58.6 Å². The van der Waals surface area contributed by atoms with Crippen LogP contribution in [0.3, 0.4) is 0 Å². The highest BCUT2D eigenvalue weighted by Gasteiger charge is 2.19. The number of nitrogens with zero attached hydrogens (tertiary/aromatic N) is 4. The van der Waals surface area contributed by atoms with Gasteiger partial charge in [-0.15, -0.1) is 10.2 Å². The van der Waals surface area contributed by atoms with E-state index in [1.165, 1.54) is 30.0 Å². The number of rotatable bonds is 7. The van der Waals surface area contributed by atoms with Gasteiger partial charge in [-0.2, -0.15) is 0 Å². The molecule has 0 aliphatic carbocycles. The van der Waals surface area contributed by atoms with Crippen LogP contribution in [-0.2, 0) is 11.3 Å². The van der Waals surface area contributed by atoms with E-state index in [4.69, 9.17) is 4.42 Å². The molecule has 2 heterocycles. The summed E-state index contributed by atoms with van der Waals surface area (Å²) in [4.78, 5) is 22.7. The minimum Gasteiger partial charge on any atom is -0.467 e. The first-order valence-corrected chi connectivity index (χ1v) is 8.53. The zero-order valence-corrected chi connectivity index (χ0v) is 14.5. The zero-order valence-electron chi connectivity index (χ0n) is 13.7. The van der Waals surface area contributed by atoms with Gasteiger partial charge in [0.15, 0.2) is 5.16 Å². The van der Waals surface area contributed by atoms with E-state index in [-0.39, 0.29) is 11.6 Å². The smallest absolute Gasteiger partial charge is 0.271 e. The Labute approximate surface area is 152 Å². The Bertz CT molecular complexity index is 909. The molecule has 3 rings (SSSR count). The van der Waals surface area contributed by atoms with E-state index in [0.717, 1.165) is 5.76 Å². The molecule has 1 amide bonds. The van der Waals surface area contributed by atoms with Crippen molar-refractivity contribution in [3.05, 3.63) is 64.9 Å². The maximum atomic E-state index is 12.4. The van der Waals surface area contributed by atoms with Gasteiger partial charge in [-0.25, -0.2) is 0 Å². The lowest BCUT2D eigenvalue weighted by atomic mass is 10.2. The summed E-state index contributed by atoms with van der Waals surface area (Å²) in [7, 11) is 0. The third kappa shape index (κ3) is 4.28. The number of aromatic nitrogens is 3. The standard InChI is InChI=1S/C16H15N5O4S/c1-11(15(22)18-12-4-2-5-13(8-12)21(23)24)26-16-19-17-10-20(16)9-14-6-3-7-25-14/h2-8,10-11H,9H2,1H3,(H,18,22)/t11-/m1/s1. The Morgan fingerprint density at radius 1 is 1.42 bits per heavy atom. The number of hydrogen-bond acceptors (Lipinski definition) is 7. The largest absolute Gasteiger partial charge is 0.467 e. The predicted molar refractivity (Wildman–Crippen MR) is 94.9 cm³/mol. The minimum atomic E-state index is -0.509. The molecule has 0 aliphatic heterocycles. The summed E-state index contributed by atoms with van der Waals surface area (Å²) in [6, 6.07) is 9.43. The van der Waals surface area contributed by atoms with Crippen LogP contribution in [0.5, 0.6) is 0 Å². The van der Waals surface area contributed by atoms with Gasteiger partial charge in [-0.05, 0) is 25.1 Å². The fourth-order valence-corrected chi connectivity index (χ4v) is 2.99. The van der Waals surface area contributed by atoms with Gasteiger partial charge in [0, 0.05) is 17.8 Å². The summed E-state index contributed by atoms with van der Waals surface area (Å²) in [6.45, 7) is 2.19. The molecule has 1 N–H and O–H groups in total. The van der Waals surface area contributed by atoms with E-state index < -0.39 is 10.2 Å². The van der Waals surface area contributed by atoms with Crippen LogP contribution in [0, 0.1) is 10.1 Å². The van der Waals surface area contributed by atoms with E-state index in [0.29, 0.717) is 17.4 Å². The lowest BCUT2D eigenvalue weighted by molar-refractivity contribution is -0.384. The summed E-state index contributed by atoms with van der Waals surface area (Å²) in [6.07, 6.45) is 3.15. The molecule has 26 heavy (non-hydrogen) atoms. The molecule has 10 heteroatoms. The third-order valence-corrected chi connectivity index (χ3v) is 4.56. The molecule has 0 bridgehead atoms. The highest BCUT2D eigenvalue weighted by molar-refractivity contribution is 8.00. The maximum absolute atomic E-state index is 12.4. The summed E-state index contributed by atoms with van der Waals surface area (Å²) in [5, 5.41) is 21.5. The van der Waals surface area contributed by atoms with Crippen molar-refractivity contribution in [2.75, 3.05) is 5.32 Å². The number of benzene rings is 1. The Morgan fingerprint density at radius 2 is 2.27 bits per heavy atom. The third-order valence-electron chi connectivity index (χ3n) is 3.46. The number of amides is 1. The van der Waals surface area contributed by atoms with Crippen LogP contribution in [0.4, 0.5) is 11.4 Å². The molecule has 134 valence electrons. The Morgan fingerprint density at radius 3 is 3.00 bits per heavy atom. The van der Waals surface area contributed by atoms with Crippen molar-refractivity contribution in [3.8, 4) is 0 Å². The van der Waals surface area contributed by atoms with Crippen LogP contribution < -0.4 is 5.32 Å². The predicted octanol–water partition coefficient (Wildman–Crippen LogP) is 2.95. The number of furan rings is 1. The monoisotopic (exact) mass is 373 g/mol. The molecular weight excluding hydrogens is 358 g/mol. The van der Waals surface area contributed by atoms with E-state index in [9.17, 15) is 14.9 Å². The first-order valence-electron chi connectivity index (χ1n) is 7.65. The molecule has 3 aromatic rings. The fourth-order valence-electron chi connectivity index (χ4n) is 2.17. The second kappa shape index (κ2) is 7.83. The van der Waals surface area contributed by atoms with Crippen molar-refractivity contribution in [1.82, 2.24) is 14.8 Å². The molecule has 0 radical (unpaired) electrons. The Kier molecular flexibility index (Phi) is 5.32. The zero-order chi connectivity index (χ0) is 18.5. The maximum Gasteiger partial charge on any atom is 0.271 e. The van der Waals surface area contributed by atoms with Crippen molar-refractivity contribution in [2.45, 2.75) is 23.9 Å². The number of anilines is 1. The average molecular weight is 373 g/mol. The van der Waals surface area contributed by atoms with Gasteiger partial charge in [0.1, 0.15) is 12.1 Å². The number of non-ortho nitro benzene ring substituents is 1. The molecule has 0 aliphatic rings. The van der Waals surface area contributed by atoms with E-state index >= 15 is 0 Å². The van der Waals surface area contributed by atoms with Crippen LogP contribution in [0.25, 0.3) is 0 Å². The van der Waals surface area contributed by atoms with Gasteiger partial charge >= 0.3 is 0 Å². The fraction of sp³-hybridized carbons (Fsp3) is 0.188. The molecule has 0 fully saturated rings. The Hall–Kier alpha value is -3.14. The van der Waals surface area contributed by atoms with E-state index in [1.807, 2.05) is 6.07 Å². The normalized spacial score (nSPS) is 11.9. The SMILES string of the molecule is C[C@@H](Sc1nncn1Cc1ccco1)C(=O)Nc1cccc([N+](=O)[O-])c1. The van der Waals surface area contributed by atoms with E-state index in [2.05, 4.69) is 15.5 Å². The first-order chi connectivity index (χ1) is 12.5. The lowest BCUT2D eigenvalue weighted by Crippen LogP contribution is -2.23. The van der Waals surface area contributed by atoms with Crippen LogP contribution >= 0.6 is 11.8 Å². The van der Waals surface area contributed by atoms with Gasteiger partial charge in [0.2, 0.25) is 5.91 Å². The summed E-state index contributed by atoms with van der Waals surface area (Å²) in [5.41, 5.74) is 0.287. The first kappa shape index (κ1) is 17.7. The number of hydrogen-bond donors (Lipinski definition) is 1. The molecule has 1 atom stereocenters. The van der Waals surface area contributed by atoms with Gasteiger partial charge in [0.05, 0.1) is 23.0 Å². The molecule has 2 aromatic heterocycles. The molecule has 0 spiro atoms. The highest BCUT2D eigenvalue weighted by Crippen LogP contribution is 2.24. The average Bonchev–Trinajstić information content (AvgIpc) is 3.28. The second-order valence-corrected chi connectivity index (χ2v) is 6.69. The number of carbonyl (C=O) groups is 1. The number of nitrogens with one attached hydrogen (secondary N) is 1. The molecular formula is C16H15N5O4S. The summed E-state index contributed by atoms with van der Waals surface area (Å²) in [5.74, 6) is 0.461.